The molecule has 1 saturated carbocycles. The van der Waals surface area contributed by atoms with Gasteiger partial charge in [0.2, 0.25) is 5.91 Å². The lowest BCUT2D eigenvalue weighted by molar-refractivity contribution is -0.129. The van der Waals surface area contributed by atoms with E-state index < -0.39 is 15.9 Å². The van der Waals surface area contributed by atoms with Crippen molar-refractivity contribution >= 4 is 33.0 Å². The van der Waals surface area contributed by atoms with Crippen LogP contribution in [0.25, 0.3) is 11.1 Å². The lowest BCUT2D eigenvalue weighted by Crippen LogP contribution is -2.54. The highest BCUT2D eigenvalue weighted by Gasteiger charge is 2.41. The van der Waals surface area contributed by atoms with Gasteiger partial charge in [0.05, 0.1) is 27.6 Å². The van der Waals surface area contributed by atoms with Crippen LogP contribution in [-0.2, 0) is 24.2 Å². The van der Waals surface area contributed by atoms with Gasteiger partial charge in [0.1, 0.15) is 6.10 Å². The number of fused-ring (bicyclic) bond motifs is 1. The first kappa shape index (κ1) is 25.0. The van der Waals surface area contributed by atoms with Gasteiger partial charge in [0, 0.05) is 20.1 Å². The van der Waals surface area contributed by atoms with Crippen molar-refractivity contribution < 1.29 is 22.7 Å². The van der Waals surface area contributed by atoms with Crippen LogP contribution < -0.4 is 9.80 Å². The molecule has 0 aromatic heterocycles. The standard InChI is InChI=1S/C28H34N2O5S/c1-4-5-21-14-15-35-27(21)28(32)29-17-18(2)30(19(3)31)25-13-8-22(16-26(25)29)20-6-9-23(10-7-20)36(33,34)24-11-12-24/h6-10,13,16,18,21,24,27H,4-5,11-12,14-15,17H2,1-3H3/t18-,21?,27?/m0/s1. The Morgan fingerprint density at radius 1 is 1.00 bits per heavy atom. The number of benzene rings is 2. The van der Waals surface area contributed by atoms with Crippen LogP contribution in [-0.4, -0.2) is 50.8 Å². The largest absolute Gasteiger partial charge is 0.368 e. The van der Waals surface area contributed by atoms with E-state index in [0.717, 1.165) is 43.2 Å². The first-order valence-corrected chi connectivity index (χ1v) is 14.5. The summed E-state index contributed by atoms with van der Waals surface area (Å²) in [7, 11) is -3.25. The normalized spacial score (nSPS) is 24.0. The van der Waals surface area contributed by atoms with Crippen LogP contribution in [0.1, 0.15) is 52.9 Å². The van der Waals surface area contributed by atoms with Crippen LogP contribution in [0.4, 0.5) is 11.4 Å². The molecule has 5 rings (SSSR count). The Kier molecular flexibility index (Phi) is 6.68. The minimum absolute atomic E-state index is 0.0507. The maximum atomic E-state index is 13.8. The van der Waals surface area contributed by atoms with Gasteiger partial charge < -0.3 is 14.5 Å². The smallest absolute Gasteiger partial charge is 0.256 e. The molecule has 36 heavy (non-hydrogen) atoms. The highest BCUT2D eigenvalue weighted by atomic mass is 32.2. The Morgan fingerprint density at radius 3 is 2.33 bits per heavy atom. The van der Waals surface area contributed by atoms with Gasteiger partial charge in [0.15, 0.2) is 9.84 Å². The molecule has 2 aromatic carbocycles. The number of anilines is 2. The average molecular weight is 511 g/mol. The summed E-state index contributed by atoms with van der Waals surface area (Å²) in [6, 6.07) is 12.5. The summed E-state index contributed by atoms with van der Waals surface area (Å²) in [5, 5.41) is -0.249. The maximum Gasteiger partial charge on any atom is 0.256 e. The van der Waals surface area contributed by atoms with Gasteiger partial charge in [-0.05, 0) is 73.9 Å². The van der Waals surface area contributed by atoms with Crippen molar-refractivity contribution in [1.82, 2.24) is 0 Å². The van der Waals surface area contributed by atoms with Gasteiger partial charge in [-0.3, -0.25) is 9.59 Å². The second-order valence-corrected chi connectivity index (χ2v) is 12.5. The molecule has 2 aromatic rings. The fraction of sp³-hybridized carbons (Fsp3) is 0.500. The number of hydrogen-bond acceptors (Lipinski definition) is 5. The van der Waals surface area contributed by atoms with Gasteiger partial charge in [0.25, 0.3) is 5.91 Å². The number of sulfone groups is 1. The van der Waals surface area contributed by atoms with E-state index in [-0.39, 0.29) is 29.0 Å². The van der Waals surface area contributed by atoms with E-state index in [1.54, 1.807) is 28.9 Å². The number of nitrogens with zero attached hydrogens (tertiary/aromatic N) is 2. The second-order valence-electron chi connectivity index (χ2n) is 10.3. The summed E-state index contributed by atoms with van der Waals surface area (Å²) < 4.78 is 31.1. The summed E-state index contributed by atoms with van der Waals surface area (Å²) in [6.07, 6.45) is 3.82. The minimum Gasteiger partial charge on any atom is -0.368 e. The van der Waals surface area contributed by atoms with Gasteiger partial charge in [-0.25, -0.2) is 8.42 Å². The van der Waals surface area contributed by atoms with Crippen LogP contribution in [0.5, 0.6) is 0 Å². The van der Waals surface area contributed by atoms with Gasteiger partial charge in [-0.15, -0.1) is 0 Å². The van der Waals surface area contributed by atoms with Gasteiger partial charge in [-0.1, -0.05) is 31.5 Å². The fourth-order valence-electron chi connectivity index (χ4n) is 5.63. The molecule has 2 unspecified atom stereocenters. The molecule has 3 aliphatic rings. The molecule has 8 heteroatoms. The van der Waals surface area contributed by atoms with E-state index in [2.05, 4.69) is 6.92 Å². The Bertz CT molecular complexity index is 1270. The molecule has 2 aliphatic heterocycles. The quantitative estimate of drug-likeness (QED) is 0.568. The number of carbonyl (C=O) groups excluding carboxylic acids is 2. The molecule has 7 nitrogen and oxygen atoms in total. The molecule has 1 saturated heterocycles. The first-order valence-electron chi connectivity index (χ1n) is 12.9. The zero-order chi connectivity index (χ0) is 25.6. The summed E-state index contributed by atoms with van der Waals surface area (Å²) in [5.74, 6) is 0.0840. The van der Waals surface area contributed by atoms with E-state index in [1.165, 1.54) is 0 Å². The average Bonchev–Trinajstić information content (AvgIpc) is 3.63. The first-order chi connectivity index (χ1) is 17.2. The molecule has 0 N–H and O–H groups in total. The summed E-state index contributed by atoms with van der Waals surface area (Å²) in [6.45, 7) is 6.61. The van der Waals surface area contributed by atoms with E-state index in [4.69, 9.17) is 4.74 Å². The highest BCUT2D eigenvalue weighted by molar-refractivity contribution is 7.92. The van der Waals surface area contributed by atoms with E-state index in [0.29, 0.717) is 29.4 Å². The molecular formula is C28H34N2O5S. The number of amides is 2. The van der Waals surface area contributed by atoms with Crippen molar-refractivity contribution in [3.8, 4) is 11.1 Å². The third-order valence-electron chi connectivity index (χ3n) is 7.62. The van der Waals surface area contributed by atoms with Crippen LogP contribution in [0, 0.1) is 5.92 Å². The summed E-state index contributed by atoms with van der Waals surface area (Å²) >= 11 is 0. The molecule has 2 fully saturated rings. The van der Waals surface area contributed by atoms with E-state index in [1.807, 2.05) is 37.3 Å². The predicted molar refractivity (Wildman–Crippen MR) is 140 cm³/mol. The molecule has 192 valence electrons. The molecule has 2 heterocycles. The molecule has 1 aliphatic carbocycles. The third-order valence-corrected chi connectivity index (χ3v) is 9.89. The Morgan fingerprint density at radius 2 is 1.69 bits per heavy atom. The van der Waals surface area contributed by atoms with Crippen LogP contribution in [0.2, 0.25) is 0 Å². The lowest BCUT2D eigenvalue weighted by atomic mass is 9.94. The highest BCUT2D eigenvalue weighted by Crippen LogP contribution is 2.41. The van der Waals surface area contributed by atoms with E-state index in [9.17, 15) is 18.0 Å². The molecule has 2 amide bonds. The van der Waals surface area contributed by atoms with Crippen LogP contribution >= 0.6 is 0 Å². The molecular weight excluding hydrogens is 476 g/mol. The van der Waals surface area contributed by atoms with Crippen molar-refractivity contribution in [3.05, 3.63) is 42.5 Å². The van der Waals surface area contributed by atoms with Crippen molar-refractivity contribution in [2.24, 2.45) is 5.92 Å². The predicted octanol–water partition coefficient (Wildman–Crippen LogP) is 4.58. The monoisotopic (exact) mass is 510 g/mol. The third kappa shape index (κ3) is 4.45. The van der Waals surface area contributed by atoms with Gasteiger partial charge >= 0.3 is 0 Å². The topological polar surface area (TPSA) is 84.0 Å². The minimum atomic E-state index is -3.25. The van der Waals surface area contributed by atoms with E-state index >= 15 is 0 Å². The molecule has 0 spiro atoms. The molecule has 0 bridgehead atoms. The number of carbonyl (C=O) groups is 2. The molecule has 3 atom stereocenters. The Hall–Kier alpha value is -2.71. The lowest BCUT2D eigenvalue weighted by Gasteiger charge is -2.42. The maximum absolute atomic E-state index is 13.8. The Balaban J connectivity index is 1.51. The van der Waals surface area contributed by atoms with Gasteiger partial charge in [-0.2, -0.15) is 0 Å². The summed E-state index contributed by atoms with van der Waals surface area (Å²) in [5.41, 5.74) is 3.11. The van der Waals surface area contributed by atoms with Crippen LogP contribution in [0.15, 0.2) is 47.4 Å². The second kappa shape index (κ2) is 9.63. The van der Waals surface area contributed by atoms with Crippen molar-refractivity contribution in [2.75, 3.05) is 23.0 Å². The zero-order valence-corrected chi connectivity index (χ0v) is 22.0. The summed E-state index contributed by atoms with van der Waals surface area (Å²) in [4.78, 5) is 30.2. The van der Waals surface area contributed by atoms with Crippen molar-refractivity contribution in [2.45, 2.75) is 75.2 Å². The Labute approximate surface area is 213 Å². The number of rotatable bonds is 6. The van der Waals surface area contributed by atoms with Crippen molar-refractivity contribution in [3.63, 3.8) is 0 Å². The fourth-order valence-corrected chi connectivity index (χ4v) is 7.28. The number of ether oxygens (including phenoxy) is 1. The SMILES string of the molecule is CCCC1CCOC1C(=O)N1C[C@H](C)N(C(C)=O)c2ccc(-c3ccc(S(=O)(=O)C4CC4)cc3)cc21. The molecule has 0 radical (unpaired) electrons. The zero-order valence-electron chi connectivity index (χ0n) is 21.1. The number of hydrogen-bond donors (Lipinski definition) is 0. The van der Waals surface area contributed by atoms with Crippen LogP contribution in [0.3, 0.4) is 0 Å². The van der Waals surface area contributed by atoms with Crippen molar-refractivity contribution in [1.29, 1.82) is 0 Å².